The highest BCUT2D eigenvalue weighted by Gasteiger charge is 2.17. The summed E-state index contributed by atoms with van der Waals surface area (Å²) in [6.45, 7) is 2.38. The Morgan fingerprint density at radius 2 is 2.00 bits per heavy atom. The maximum atomic E-state index is 5.89. The van der Waals surface area contributed by atoms with E-state index in [1.807, 2.05) is 24.4 Å². The number of hydrogen-bond acceptors (Lipinski definition) is 3. The van der Waals surface area contributed by atoms with Crippen LogP contribution in [0.4, 0.5) is 5.69 Å². The van der Waals surface area contributed by atoms with Crippen molar-refractivity contribution in [3.8, 4) is 5.75 Å². The van der Waals surface area contributed by atoms with E-state index in [9.17, 15) is 0 Å². The fraction of sp³-hybridized carbons (Fsp3) is 0.167. The van der Waals surface area contributed by atoms with Crippen LogP contribution in [-0.2, 0) is 6.54 Å². The number of halogens is 1. The second-order valence-corrected chi connectivity index (χ2v) is 6.28. The van der Waals surface area contributed by atoms with Crippen LogP contribution in [0.3, 0.4) is 0 Å². The first-order valence-corrected chi connectivity index (χ1v) is 8.10. The maximum Gasteiger partial charge on any atom is 0.124 e. The minimum atomic E-state index is 0.686. The van der Waals surface area contributed by atoms with Crippen molar-refractivity contribution in [1.82, 2.24) is 4.98 Å². The fourth-order valence-electron chi connectivity index (χ4n) is 2.93. The lowest BCUT2D eigenvalue weighted by molar-refractivity contribution is 0.331. The van der Waals surface area contributed by atoms with E-state index in [1.54, 1.807) is 0 Å². The molecule has 0 radical (unpaired) electrons. The van der Waals surface area contributed by atoms with Crippen LogP contribution in [0.2, 0.25) is 0 Å². The van der Waals surface area contributed by atoms with Gasteiger partial charge in [0.05, 0.1) is 12.1 Å². The summed E-state index contributed by atoms with van der Waals surface area (Å²) in [5.74, 6) is 0.976. The summed E-state index contributed by atoms with van der Waals surface area (Å²) >= 11 is 3.55. The molecular weight excluding hydrogens is 340 g/mol. The predicted octanol–water partition coefficient (Wildman–Crippen LogP) is 4.40. The summed E-state index contributed by atoms with van der Waals surface area (Å²) in [6, 6.07) is 16.6. The van der Waals surface area contributed by atoms with Crippen molar-refractivity contribution >= 4 is 32.5 Å². The Labute approximate surface area is 137 Å². The van der Waals surface area contributed by atoms with E-state index in [0.717, 1.165) is 28.8 Å². The van der Waals surface area contributed by atoms with Gasteiger partial charge in [-0.05, 0) is 30.3 Å². The minimum Gasteiger partial charge on any atom is -0.491 e. The number of ether oxygens (including phenoxy) is 1. The van der Waals surface area contributed by atoms with Gasteiger partial charge in [0.2, 0.25) is 0 Å². The summed E-state index contributed by atoms with van der Waals surface area (Å²) < 4.78 is 6.97. The number of hydrogen-bond donors (Lipinski definition) is 0. The molecule has 110 valence electrons. The summed E-state index contributed by atoms with van der Waals surface area (Å²) in [7, 11) is 0. The summed E-state index contributed by atoms with van der Waals surface area (Å²) in [6.07, 6.45) is 1.88. The highest BCUT2D eigenvalue weighted by Crippen LogP contribution is 2.31. The third kappa shape index (κ3) is 2.44. The maximum absolute atomic E-state index is 5.89. The first-order chi connectivity index (χ1) is 10.8. The number of nitrogens with zero attached hydrogens (tertiary/aromatic N) is 2. The van der Waals surface area contributed by atoms with Gasteiger partial charge in [-0.25, -0.2) is 0 Å². The molecule has 0 N–H and O–H groups in total. The van der Waals surface area contributed by atoms with Crippen molar-refractivity contribution in [3.05, 3.63) is 64.8 Å². The van der Waals surface area contributed by atoms with Gasteiger partial charge in [0, 0.05) is 33.9 Å². The van der Waals surface area contributed by atoms with Crippen LogP contribution in [0.15, 0.2) is 59.2 Å². The normalized spacial score (nSPS) is 14.3. The standard InChI is InChI=1S/C18H15BrN2O/c19-14-5-6-18-13(11-14)12-21(9-10-22-18)17-7-8-20-16-4-2-1-3-15(16)17/h1-8,11H,9-10,12H2. The van der Waals surface area contributed by atoms with Crippen LogP contribution < -0.4 is 9.64 Å². The Bertz CT molecular complexity index is 829. The SMILES string of the molecule is Brc1ccc2c(c1)CN(c1ccnc3ccccc13)CCO2. The van der Waals surface area contributed by atoms with E-state index in [-0.39, 0.29) is 0 Å². The van der Waals surface area contributed by atoms with E-state index in [1.165, 1.54) is 16.6 Å². The smallest absolute Gasteiger partial charge is 0.124 e. The molecule has 3 aromatic rings. The van der Waals surface area contributed by atoms with Crippen LogP contribution in [0.25, 0.3) is 10.9 Å². The second-order valence-electron chi connectivity index (χ2n) is 5.37. The van der Waals surface area contributed by atoms with Crippen molar-refractivity contribution in [2.75, 3.05) is 18.1 Å². The molecule has 3 nitrogen and oxygen atoms in total. The molecule has 0 amide bonds. The van der Waals surface area contributed by atoms with Gasteiger partial charge in [-0.2, -0.15) is 0 Å². The number of fused-ring (bicyclic) bond motifs is 2. The van der Waals surface area contributed by atoms with E-state index in [2.05, 4.69) is 56.1 Å². The molecule has 0 bridgehead atoms. The average Bonchev–Trinajstić information content (AvgIpc) is 2.76. The molecule has 0 atom stereocenters. The third-order valence-corrected chi connectivity index (χ3v) is 4.46. The van der Waals surface area contributed by atoms with Gasteiger partial charge >= 0.3 is 0 Å². The van der Waals surface area contributed by atoms with Crippen molar-refractivity contribution in [2.45, 2.75) is 6.54 Å². The monoisotopic (exact) mass is 354 g/mol. The third-order valence-electron chi connectivity index (χ3n) is 3.97. The molecule has 2 heterocycles. The Morgan fingerprint density at radius 3 is 2.95 bits per heavy atom. The Balaban J connectivity index is 1.79. The molecule has 0 unspecified atom stereocenters. The summed E-state index contributed by atoms with van der Waals surface area (Å²) in [5, 5.41) is 1.18. The molecule has 1 aliphatic heterocycles. The van der Waals surface area contributed by atoms with Gasteiger partial charge in [0.25, 0.3) is 0 Å². The second kappa shape index (κ2) is 5.61. The minimum absolute atomic E-state index is 0.686. The van der Waals surface area contributed by atoms with Crippen LogP contribution in [-0.4, -0.2) is 18.1 Å². The summed E-state index contributed by atoms with van der Waals surface area (Å²) in [4.78, 5) is 6.82. The average molecular weight is 355 g/mol. The van der Waals surface area contributed by atoms with E-state index < -0.39 is 0 Å². The molecular formula is C18H15BrN2O. The van der Waals surface area contributed by atoms with E-state index in [0.29, 0.717) is 6.61 Å². The first kappa shape index (κ1) is 13.6. The van der Waals surface area contributed by atoms with Crippen molar-refractivity contribution in [1.29, 1.82) is 0 Å². The highest BCUT2D eigenvalue weighted by molar-refractivity contribution is 9.10. The molecule has 4 heteroatoms. The molecule has 22 heavy (non-hydrogen) atoms. The van der Waals surface area contributed by atoms with Gasteiger partial charge in [-0.3, -0.25) is 4.98 Å². The number of para-hydroxylation sites is 1. The molecule has 0 spiro atoms. The quantitative estimate of drug-likeness (QED) is 0.647. The molecule has 1 aliphatic rings. The molecule has 1 aromatic heterocycles. The van der Waals surface area contributed by atoms with Gasteiger partial charge in [-0.15, -0.1) is 0 Å². The number of anilines is 1. The molecule has 4 rings (SSSR count). The number of pyridine rings is 1. The van der Waals surface area contributed by atoms with E-state index >= 15 is 0 Å². The van der Waals surface area contributed by atoms with Crippen molar-refractivity contribution in [2.24, 2.45) is 0 Å². The number of benzene rings is 2. The molecule has 0 aliphatic carbocycles. The molecule has 0 saturated heterocycles. The largest absolute Gasteiger partial charge is 0.491 e. The van der Waals surface area contributed by atoms with Crippen LogP contribution >= 0.6 is 15.9 Å². The zero-order valence-corrected chi connectivity index (χ0v) is 13.6. The lowest BCUT2D eigenvalue weighted by Crippen LogP contribution is -2.25. The van der Waals surface area contributed by atoms with Crippen LogP contribution in [0.5, 0.6) is 5.75 Å². The number of rotatable bonds is 1. The first-order valence-electron chi connectivity index (χ1n) is 7.31. The topological polar surface area (TPSA) is 25.4 Å². The number of aromatic nitrogens is 1. The lowest BCUT2D eigenvalue weighted by atomic mass is 10.1. The van der Waals surface area contributed by atoms with Gasteiger partial charge < -0.3 is 9.64 Å². The van der Waals surface area contributed by atoms with Gasteiger partial charge in [-0.1, -0.05) is 34.1 Å². The zero-order valence-electron chi connectivity index (χ0n) is 12.0. The Morgan fingerprint density at radius 1 is 1.09 bits per heavy atom. The lowest BCUT2D eigenvalue weighted by Gasteiger charge is -2.23. The molecule has 0 saturated carbocycles. The van der Waals surface area contributed by atoms with E-state index in [4.69, 9.17) is 4.74 Å². The Kier molecular flexibility index (Phi) is 3.47. The predicted molar refractivity (Wildman–Crippen MR) is 92.4 cm³/mol. The highest BCUT2D eigenvalue weighted by atomic mass is 79.9. The zero-order chi connectivity index (χ0) is 14.9. The van der Waals surface area contributed by atoms with Gasteiger partial charge in [0.15, 0.2) is 0 Å². The summed E-state index contributed by atoms with van der Waals surface area (Å²) in [5.41, 5.74) is 3.44. The fourth-order valence-corrected chi connectivity index (χ4v) is 3.33. The molecule has 0 fully saturated rings. The van der Waals surface area contributed by atoms with Gasteiger partial charge in [0.1, 0.15) is 12.4 Å². The van der Waals surface area contributed by atoms with Crippen molar-refractivity contribution < 1.29 is 4.74 Å². The van der Waals surface area contributed by atoms with Crippen molar-refractivity contribution in [3.63, 3.8) is 0 Å². The Hall–Kier alpha value is -2.07. The van der Waals surface area contributed by atoms with Crippen LogP contribution in [0, 0.1) is 0 Å². The molecule has 2 aromatic carbocycles. The van der Waals surface area contributed by atoms with Crippen LogP contribution in [0.1, 0.15) is 5.56 Å².